The van der Waals surface area contributed by atoms with Gasteiger partial charge in [-0.3, -0.25) is 14.4 Å². The van der Waals surface area contributed by atoms with Crippen molar-refractivity contribution in [1.82, 2.24) is 4.98 Å². The van der Waals surface area contributed by atoms with Crippen LogP contribution in [0, 0.1) is 6.92 Å². The van der Waals surface area contributed by atoms with Crippen molar-refractivity contribution < 1.29 is 28.6 Å². The first-order valence-corrected chi connectivity index (χ1v) is 10.5. The zero-order chi connectivity index (χ0) is 24.3. The lowest BCUT2D eigenvalue weighted by molar-refractivity contribution is -0.135. The number of ketones is 1. The van der Waals surface area contributed by atoms with Crippen LogP contribution in [0.25, 0.3) is 21.9 Å². The van der Waals surface area contributed by atoms with Crippen molar-refractivity contribution in [2.45, 2.75) is 26.2 Å². The number of phenolic OH excluding ortho intramolecular Hbond substituents is 1. The number of methoxy groups -OCH3 is 1. The van der Waals surface area contributed by atoms with Gasteiger partial charge in [0.1, 0.15) is 22.6 Å². The summed E-state index contributed by atoms with van der Waals surface area (Å²) in [5, 5.41) is 11.7. The largest absolute Gasteiger partial charge is 0.506 e. The second kappa shape index (κ2) is 7.58. The maximum atomic E-state index is 13.1. The lowest BCUT2D eigenvalue weighted by Crippen LogP contribution is -2.27. The van der Waals surface area contributed by atoms with Gasteiger partial charge < -0.3 is 24.0 Å². The summed E-state index contributed by atoms with van der Waals surface area (Å²) in [6.45, 7) is 2.82. The third-order valence-corrected chi connectivity index (χ3v) is 6.09. The van der Waals surface area contributed by atoms with Crippen LogP contribution >= 0.6 is 0 Å². The van der Waals surface area contributed by atoms with E-state index in [9.17, 15) is 24.3 Å². The van der Waals surface area contributed by atoms with E-state index >= 15 is 0 Å². The maximum absolute atomic E-state index is 13.1. The minimum absolute atomic E-state index is 0.0369. The number of fused-ring (bicyclic) bond motifs is 4. The molecule has 0 aliphatic carbocycles. The summed E-state index contributed by atoms with van der Waals surface area (Å²) in [5.41, 5.74) is -0.0479. The molecule has 1 atom stereocenters. The molecule has 5 rings (SSSR count). The van der Waals surface area contributed by atoms with Crippen molar-refractivity contribution in [3.05, 3.63) is 73.4 Å². The molecule has 0 bridgehead atoms. The Hall–Kier alpha value is -4.40. The average molecular weight is 461 g/mol. The number of hydrogen-bond donors (Lipinski definition) is 2. The summed E-state index contributed by atoms with van der Waals surface area (Å²) in [7, 11) is 1.52. The Labute approximate surface area is 191 Å². The van der Waals surface area contributed by atoms with E-state index in [0.717, 1.165) is 0 Å². The van der Waals surface area contributed by atoms with Crippen LogP contribution < -0.4 is 20.7 Å². The normalized spacial score (nSPS) is 15.3. The van der Waals surface area contributed by atoms with Crippen LogP contribution in [-0.4, -0.2) is 29.0 Å². The Morgan fingerprint density at radius 3 is 2.65 bits per heavy atom. The molecule has 4 aromatic rings. The standard InChI is InChI=1S/C25H19NO8/c1-10-6-17(28)33-23-19(10)22(30)20(11(2)27)24-21(23)14(9-18(29)34-24)15-8-12-7-13(32-3)4-5-16(12)26-25(15)31/h4-8,14,30H,9H2,1-3H3,(H,26,31). The van der Waals surface area contributed by atoms with Gasteiger partial charge in [0.2, 0.25) is 0 Å². The highest BCUT2D eigenvalue weighted by Crippen LogP contribution is 2.49. The molecule has 1 aliphatic heterocycles. The van der Waals surface area contributed by atoms with Crippen molar-refractivity contribution in [3.8, 4) is 17.2 Å². The molecule has 1 unspecified atom stereocenters. The number of nitrogens with one attached hydrogen (secondary N) is 1. The van der Waals surface area contributed by atoms with E-state index in [1.165, 1.54) is 20.1 Å². The topological polar surface area (TPSA) is 136 Å². The number of pyridine rings is 1. The molecule has 0 fully saturated rings. The predicted octanol–water partition coefficient (Wildman–Crippen LogP) is 3.30. The molecule has 9 nitrogen and oxygen atoms in total. The van der Waals surface area contributed by atoms with Gasteiger partial charge in [-0.1, -0.05) is 0 Å². The van der Waals surface area contributed by atoms with Crippen molar-refractivity contribution in [3.63, 3.8) is 0 Å². The third-order valence-electron chi connectivity index (χ3n) is 6.09. The number of carbonyl (C=O) groups is 2. The molecule has 2 aromatic heterocycles. The van der Waals surface area contributed by atoms with Crippen molar-refractivity contribution in [2.24, 2.45) is 0 Å². The number of carbonyl (C=O) groups excluding carboxylic acids is 2. The highest BCUT2D eigenvalue weighted by molar-refractivity contribution is 6.09. The zero-order valence-corrected chi connectivity index (χ0v) is 18.5. The summed E-state index contributed by atoms with van der Waals surface area (Å²) in [6.07, 6.45) is -0.236. The summed E-state index contributed by atoms with van der Waals surface area (Å²) in [5.74, 6) is -2.23. The Balaban J connectivity index is 1.91. The first-order valence-electron chi connectivity index (χ1n) is 10.5. The number of aromatic nitrogens is 1. The molecule has 3 heterocycles. The Morgan fingerprint density at radius 2 is 1.94 bits per heavy atom. The molecule has 1 aliphatic rings. The molecule has 172 valence electrons. The maximum Gasteiger partial charge on any atom is 0.336 e. The van der Waals surface area contributed by atoms with Crippen LogP contribution in [0.1, 0.15) is 46.3 Å². The number of aromatic hydroxyl groups is 1. The molecule has 2 N–H and O–H groups in total. The van der Waals surface area contributed by atoms with Crippen LogP contribution in [0.3, 0.4) is 0 Å². The summed E-state index contributed by atoms with van der Waals surface area (Å²) in [4.78, 5) is 53.2. The second-order valence-corrected chi connectivity index (χ2v) is 8.21. The van der Waals surface area contributed by atoms with E-state index in [1.54, 1.807) is 31.2 Å². The van der Waals surface area contributed by atoms with Crippen molar-refractivity contribution >= 4 is 33.6 Å². The second-order valence-electron chi connectivity index (χ2n) is 8.21. The number of benzene rings is 2. The van der Waals surface area contributed by atoms with E-state index in [0.29, 0.717) is 22.2 Å². The molecule has 0 saturated carbocycles. The highest BCUT2D eigenvalue weighted by Gasteiger charge is 2.38. The fraction of sp³-hybridized carbons (Fsp3) is 0.200. The van der Waals surface area contributed by atoms with Crippen LogP contribution in [0.4, 0.5) is 0 Å². The fourth-order valence-electron chi connectivity index (χ4n) is 4.59. The van der Waals surface area contributed by atoms with Crippen LogP contribution in [0.15, 0.2) is 44.3 Å². The molecule has 0 amide bonds. The molecule has 0 spiro atoms. The highest BCUT2D eigenvalue weighted by atomic mass is 16.5. The number of rotatable bonds is 3. The van der Waals surface area contributed by atoms with Crippen LogP contribution in [-0.2, 0) is 4.79 Å². The molecular weight excluding hydrogens is 442 g/mol. The first kappa shape index (κ1) is 21.4. The van der Waals surface area contributed by atoms with Gasteiger partial charge in [0.15, 0.2) is 11.5 Å². The van der Waals surface area contributed by atoms with Crippen molar-refractivity contribution in [1.29, 1.82) is 0 Å². The summed E-state index contributed by atoms with van der Waals surface area (Å²) < 4.78 is 16.1. The molecule has 0 radical (unpaired) electrons. The van der Waals surface area contributed by atoms with Gasteiger partial charge in [-0.05, 0) is 43.7 Å². The van der Waals surface area contributed by atoms with Crippen molar-refractivity contribution in [2.75, 3.05) is 7.11 Å². The third kappa shape index (κ3) is 3.16. The Kier molecular flexibility index (Phi) is 4.78. The molecular formula is C25H19NO8. The average Bonchev–Trinajstić information content (AvgIpc) is 2.76. The number of esters is 1. The molecule has 34 heavy (non-hydrogen) atoms. The number of H-pyrrole nitrogens is 1. The zero-order valence-electron chi connectivity index (χ0n) is 18.5. The first-order chi connectivity index (χ1) is 16.2. The van der Waals surface area contributed by atoms with Crippen LogP contribution in [0.2, 0.25) is 0 Å². The molecule has 9 heteroatoms. The van der Waals surface area contributed by atoms with Gasteiger partial charge in [0, 0.05) is 34.0 Å². The number of aryl methyl sites for hydroxylation is 1. The quantitative estimate of drug-likeness (QED) is 0.205. The van der Waals surface area contributed by atoms with Gasteiger partial charge in [-0.25, -0.2) is 4.79 Å². The number of Topliss-reactive ketones (excluding diaryl/α,β-unsaturated/α-hetero) is 1. The molecule has 2 aromatic carbocycles. The molecule has 0 saturated heterocycles. The smallest absolute Gasteiger partial charge is 0.336 e. The predicted molar refractivity (Wildman–Crippen MR) is 122 cm³/mol. The van der Waals surface area contributed by atoms with E-state index in [2.05, 4.69) is 4.98 Å². The van der Waals surface area contributed by atoms with Gasteiger partial charge in [-0.15, -0.1) is 0 Å². The lowest BCUT2D eigenvalue weighted by atomic mass is 9.83. The lowest BCUT2D eigenvalue weighted by Gasteiger charge is -2.27. The number of hydrogen-bond acceptors (Lipinski definition) is 8. The fourth-order valence-corrected chi connectivity index (χ4v) is 4.59. The van der Waals surface area contributed by atoms with Gasteiger partial charge >= 0.3 is 11.6 Å². The minimum Gasteiger partial charge on any atom is -0.506 e. The van der Waals surface area contributed by atoms with Gasteiger partial charge in [0.05, 0.1) is 18.9 Å². The minimum atomic E-state index is -0.901. The van der Waals surface area contributed by atoms with E-state index < -0.39 is 34.6 Å². The summed E-state index contributed by atoms with van der Waals surface area (Å²) >= 11 is 0. The van der Waals surface area contributed by atoms with Gasteiger partial charge in [-0.2, -0.15) is 0 Å². The Morgan fingerprint density at radius 1 is 1.18 bits per heavy atom. The number of ether oxygens (including phenoxy) is 2. The summed E-state index contributed by atoms with van der Waals surface area (Å²) in [6, 6.07) is 7.96. The van der Waals surface area contributed by atoms with E-state index in [1.807, 2.05) is 0 Å². The van der Waals surface area contributed by atoms with E-state index in [4.69, 9.17) is 13.9 Å². The number of aromatic amines is 1. The van der Waals surface area contributed by atoms with E-state index in [-0.39, 0.29) is 39.8 Å². The number of phenols is 1. The van der Waals surface area contributed by atoms with Crippen LogP contribution in [0.5, 0.6) is 17.2 Å². The monoisotopic (exact) mass is 461 g/mol. The van der Waals surface area contributed by atoms with Gasteiger partial charge in [0.25, 0.3) is 5.56 Å². The Bertz CT molecular complexity index is 1660. The SMILES string of the molecule is COc1ccc2[nH]c(=O)c(C3CC(=O)Oc4c(C(C)=O)c(O)c5c(C)cc(=O)oc5c43)cc2c1.